The molecule has 0 bridgehead atoms. The molecule has 0 aliphatic carbocycles. The van der Waals surface area contributed by atoms with Gasteiger partial charge in [-0.15, -0.1) is 11.3 Å². The summed E-state index contributed by atoms with van der Waals surface area (Å²) in [5.74, 6) is -1.67. The summed E-state index contributed by atoms with van der Waals surface area (Å²) in [5.41, 5.74) is 2.84. The SMILES string of the molecule is Cc1ccsc1C1C(C(=O)CCc2ccccc2)=C(O)C(=O)N1Cc1ccc(F)cc1. The Balaban J connectivity index is 1.65. The fourth-order valence-corrected chi connectivity index (χ4v) is 4.91. The summed E-state index contributed by atoms with van der Waals surface area (Å²) in [5, 5.41) is 12.6. The third-order valence-electron chi connectivity index (χ3n) is 5.50. The third-order valence-corrected chi connectivity index (χ3v) is 6.58. The monoisotopic (exact) mass is 435 g/mol. The fourth-order valence-electron chi connectivity index (χ4n) is 3.86. The average Bonchev–Trinajstić information content (AvgIpc) is 3.30. The summed E-state index contributed by atoms with van der Waals surface area (Å²) in [6.45, 7) is 2.09. The maximum atomic E-state index is 13.3. The van der Waals surface area contributed by atoms with Gasteiger partial charge in [-0.25, -0.2) is 4.39 Å². The minimum absolute atomic E-state index is 0.147. The highest BCUT2D eigenvalue weighted by atomic mass is 32.1. The van der Waals surface area contributed by atoms with Gasteiger partial charge < -0.3 is 10.0 Å². The van der Waals surface area contributed by atoms with Crippen molar-refractivity contribution in [2.75, 3.05) is 0 Å². The highest BCUT2D eigenvalue weighted by Gasteiger charge is 2.44. The lowest BCUT2D eigenvalue weighted by Gasteiger charge is -2.26. The first-order valence-corrected chi connectivity index (χ1v) is 10.9. The van der Waals surface area contributed by atoms with Crippen LogP contribution in [0.15, 0.2) is 77.4 Å². The molecule has 1 aliphatic heterocycles. The lowest BCUT2D eigenvalue weighted by Crippen LogP contribution is -2.30. The summed E-state index contributed by atoms with van der Waals surface area (Å²) in [6.07, 6.45) is 0.723. The van der Waals surface area contributed by atoms with Crippen LogP contribution >= 0.6 is 11.3 Å². The van der Waals surface area contributed by atoms with E-state index in [1.165, 1.54) is 28.4 Å². The molecule has 4 nitrogen and oxygen atoms in total. The van der Waals surface area contributed by atoms with E-state index in [0.717, 1.165) is 21.6 Å². The standard InChI is InChI=1S/C25H22FNO3S/c1-16-13-14-31-24(16)22-21(20(28)12-9-17-5-3-2-4-6-17)23(29)25(30)27(22)15-18-7-10-19(26)11-8-18/h2-8,10-11,13-14,22,29H,9,12,15H2,1H3. The van der Waals surface area contributed by atoms with Crippen LogP contribution in [0.25, 0.3) is 0 Å². The predicted octanol–water partition coefficient (Wildman–Crippen LogP) is 5.29. The van der Waals surface area contributed by atoms with Crippen molar-refractivity contribution in [3.8, 4) is 0 Å². The van der Waals surface area contributed by atoms with E-state index in [4.69, 9.17) is 0 Å². The van der Waals surface area contributed by atoms with Crippen molar-refractivity contribution in [3.05, 3.63) is 105 Å². The summed E-state index contributed by atoms with van der Waals surface area (Å²) in [7, 11) is 0. The Morgan fingerprint density at radius 3 is 2.42 bits per heavy atom. The van der Waals surface area contributed by atoms with E-state index in [2.05, 4.69) is 0 Å². The van der Waals surface area contributed by atoms with Gasteiger partial charge in [-0.1, -0.05) is 42.5 Å². The van der Waals surface area contributed by atoms with Crippen LogP contribution in [0.4, 0.5) is 4.39 Å². The molecule has 0 radical (unpaired) electrons. The van der Waals surface area contributed by atoms with Crippen LogP contribution in [0.1, 0.15) is 34.0 Å². The molecule has 0 saturated carbocycles. The minimum atomic E-state index is -0.652. The second-order valence-corrected chi connectivity index (χ2v) is 8.55. The first kappa shape index (κ1) is 21.0. The molecule has 158 valence electrons. The van der Waals surface area contributed by atoms with Gasteiger partial charge in [-0.05, 0) is 53.6 Å². The lowest BCUT2D eigenvalue weighted by atomic mass is 9.95. The van der Waals surface area contributed by atoms with Crippen LogP contribution < -0.4 is 0 Å². The van der Waals surface area contributed by atoms with Gasteiger partial charge in [0, 0.05) is 17.8 Å². The molecule has 1 aliphatic rings. The van der Waals surface area contributed by atoms with Crippen LogP contribution in [0.2, 0.25) is 0 Å². The number of Topliss-reactive ketones (excluding diaryl/α,β-unsaturated/α-hetero) is 1. The van der Waals surface area contributed by atoms with Gasteiger partial charge in [0.25, 0.3) is 5.91 Å². The number of rotatable bonds is 7. The van der Waals surface area contributed by atoms with E-state index in [-0.39, 0.29) is 30.1 Å². The van der Waals surface area contributed by atoms with Crippen molar-refractivity contribution in [2.45, 2.75) is 32.4 Å². The average molecular weight is 436 g/mol. The molecule has 1 N–H and O–H groups in total. The summed E-state index contributed by atoms with van der Waals surface area (Å²) in [6, 6.07) is 16.8. The van der Waals surface area contributed by atoms with E-state index < -0.39 is 17.7 Å². The zero-order valence-electron chi connectivity index (χ0n) is 17.0. The van der Waals surface area contributed by atoms with Crippen molar-refractivity contribution >= 4 is 23.0 Å². The number of thiophene rings is 1. The van der Waals surface area contributed by atoms with Gasteiger partial charge >= 0.3 is 0 Å². The quantitative estimate of drug-likeness (QED) is 0.548. The van der Waals surface area contributed by atoms with Crippen molar-refractivity contribution in [1.29, 1.82) is 0 Å². The molecule has 1 aromatic heterocycles. The fraction of sp³-hybridized carbons (Fsp3) is 0.200. The van der Waals surface area contributed by atoms with Gasteiger partial charge in [0.1, 0.15) is 5.82 Å². The van der Waals surface area contributed by atoms with Crippen LogP contribution in [0.5, 0.6) is 0 Å². The number of hydrogen-bond acceptors (Lipinski definition) is 4. The number of aliphatic hydroxyl groups is 1. The summed E-state index contributed by atoms with van der Waals surface area (Å²) < 4.78 is 13.3. The summed E-state index contributed by atoms with van der Waals surface area (Å²) in [4.78, 5) is 28.5. The van der Waals surface area contributed by atoms with Crippen molar-refractivity contribution in [3.63, 3.8) is 0 Å². The molecule has 31 heavy (non-hydrogen) atoms. The molecule has 4 rings (SSSR count). The number of aryl methyl sites for hydroxylation is 2. The Bertz CT molecular complexity index is 1140. The van der Waals surface area contributed by atoms with E-state index >= 15 is 0 Å². The zero-order chi connectivity index (χ0) is 22.0. The molecule has 6 heteroatoms. The van der Waals surface area contributed by atoms with E-state index in [9.17, 15) is 19.1 Å². The number of benzene rings is 2. The summed E-state index contributed by atoms with van der Waals surface area (Å²) >= 11 is 1.45. The Morgan fingerprint density at radius 1 is 1.06 bits per heavy atom. The topological polar surface area (TPSA) is 57.6 Å². The van der Waals surface area contributed by atoms with E-state index in [1.807, 2.05) is 48.7 Å². The lowest BCUT2D eigenvalue weighted by molar-refractivity contribution is -0.130. The molecule has 1 amide bonds. The van der Waals surface area contributed by atoms with Crippen LogP contribution in [0.3, 0.4) is 0 Å². The van der Waals surface area contributed by atoms with Gasteiger partial charge in [0.05, 0.1) is 11.6 Å². The smallest absolute Gasteiger partial charge is 0.290 e. The number of amides is 1. The number of carbonyl (C=O) groups is 2. The van der Waals surface area contributed by atoms with Gasteiger partial charge in [0.15, 0.2) is 11.5 Å². The number of halogens is 1. The van der Waals surface area contributed by atoms with Gasteiger partial charge in [-0.2, -0.15) is 0 Å². The van der Waals surface area contributed by atoms with Crippen molar-refractivity contribution < 1.29 is 19.1 Å². The number of aliphatic hydroxyl groups excluding tert-OH is 1. The number of ketones is 1. The largest absolute Gasteiger partial charge is 0.503 e. The molecule has 1 atom stereocenters. The number of carbonyl (C=O) groups excluding carboxylic acids is 2. The number of nitrogens with zero attached hydrogens (tertiary/aromatic N) is 1. The number of hydrogen-bond donors (Lipinski definition) is 1. The minimum Gasteiger partial charge on any atom is -0.503 e. The van der Waals surface area contributed by atoms with Crippen molar-refractivity contribution in [2.24, 2.45) is 0 Å². The van der Waals surface area contributed by atoms with Crippen LogP contribution in [0, 0.1) is 12.7 Å². The van der Waals surface area contributed by atoms with Crippen LogP contribution in [-0.4, -0.2) is 21.7 Å². The van der Waals surface area contributed by atoms with E-state index in [0.29, 0.717) is 6.42 Å². The maximum absolute atomic E-state index is 13.3. The molecule has 0 spiro atoms. The van der Waals surface area contributed by atoms with Gasteiger partial charge in [0.2, 0.25) is 0 Å². The molecular weight excluding hydrogens is 413 g/mol. The highest BCUT2D eigenvalue weighted by molar-refractivity contribution is 7.10. The Kier molecular flexibility index (Phi) is 6.00. The van der Waals surface area contributed by atoms with E-state index in [1.54, 1.807) is 12.1 Å². The predicted molar refractivity (Wildman–Crippen MR) is 118 cm³/mol. The zero-order valence-corrected chi connectivity index (χ0v) is 17.9. The molecule has 0 fully saturated rings. The molecule has 3 aromatic rings. The van der Waals surface area contributed by atoms with Crippen molar-refractivity contribution in [1.82, 2.24) is 4.90 Å². The Morgan fingerprint density at radius 2 is 1.77 bits per heavy atom. The third kappa shape index (κ3) is 4.30. The first-order chi connectivity index (χ1) is 15.0. The van der Waals surface area contributed by atoms with Crippen LogP contribution in [-0.2, 0) is 22.6 Å². The normalized spacial score (nSPS) is 16.3. The second kappa shape index (κ2) is 8.86. The Labute approximate surface area is 184 Å². The van der Waals surface area contributed by atoms with Gasteiger partial charge in [-0.3, -0.25) is 9.59 Å². The first-order valence-electron chi connectivity index (χ1n) is 10.1. The second-order valence-electron chi connectivity index (χ2n) is 7.60. The Hall–Kier alpha value is -3.25. The molecular formula is C25H22FNO3S. The maximum Gasteiger partial charge on any atom is 0.290 e. The molecule has 1 unspecified atom stereocenters. The molecule has 2 heterocycles. The highest BCUT2D eigenvalue weighted by Crippen LogP contribution is 2.42. The molecule has 2 aromatic carbocycles. The molecule has 0 saturated heterocycles.